The number of amides is 2. The van der Waals surface area contributed by atoms with Gasteiger partial charge in [0.05, 0.1) is 0 Å². The van der Waals surface area contributed by atoms with Crippen LogP contribution in [0.2, 0.25) is 0 Å². The van der Waals surface area contributed by atoms with E-state index in [1.165, 1.54) is 26.2 Å². The molecule has 1 unspecified atom stereocenters. The maximum atomic E-state index is 11.2. The summed E-state index contributed by atoms with van der Waals surface area (Å²) in [4.78, 5) is 21.4. The Hall–Kier alpha value is -1.62. The molecular weight excluding hydrogens is 256 g/mol. The standard InChI is InChI=1S/C10H17NO.C5H9NO2/c1-8(2)10(12)11-9-6-4-3-5-7-9;1-3-5(8)6-4(2)7/h9H,1,3-7H2,2H3,(H,11,12);3-4,7H,1H2,2H3,(H,6,8). The fourth-order valence-electron chi connectivity index (χ4n) is 1.82. The molecule has 3 N–H and O–H groups in total. The fraction of sp³-hybridized carbons (Fsp3) is 0.600. The largest absolute Gasteiger partial charge is 0.374 e. The number of nitrogens with one attached hydrogen (secondary N) is 2. The molecule has 1 rings (SSSR count). The van der Waals surface area contributed by atoms with Crippen LogP contribution in [0.1, 0.15) is 46.0 Å². The van der Waals surface area contributed by atoms with E-state index in [1.807, 2.05) is 0 Å². The van der Waals surface area contributed by atoms with Gasteiger partial charge >= 0.3 is 0 Å². The second-order valence-corrected chi connectivity index (χ2v) is 4.98. The molecule has 0 radical (unpaired) electrons. The van der Waals surface area contributed by atoms with Crippen LogP contribution >= 0.6 is 0 Å². The third-order valence-corrected chi connectivity index (χ3v) is 2.86. The molecule has 1 atom stereocenters. The van der Waals surface area contributed by atoms with Gasteiger partial charge in [-0.15, -0.1) is 0 Å². The molecule has 5 nitrogen and oxygen atoms in total. The van der Waals surface area contributed by atoms with Crippen molar-refractivity contribution in [3.63, 3.8) is 0 Å². The molecule has 1 fully saturated rings. The van der Waals surface area contributed by atoms with E-state index < -0.39 is 6.23 Å². The van der Waals surface area contributed by atoms with Gasteiger partial charge in [0.15, 0.2) is 0 Å². The summed E-state index contributed by atoms with van der Waals surface area (Å²) < 4.78 is 0. The summed E-state index contributed by atoms with van der Waals surface area (Å²) >= 11 is 0. The molecule has 1 aliphatic rings. The first-order valence-electron chi connectivity index (χ1n) is 6.94. The van der Waals surface area contributed by atoms with Crippen LogP contribution in [0.4, 0.5) is 0 Å². The van der Waals surface area contributed by atoms with Gasteiger partial charge in [-0.1, -0.05) is 32.4 Å². The van der Waals surface area contributed by atoms with Gasteiger partial charge in [0.2, 0.25) is 11.8 Å². The van der Waals surface area contributed by atoms with Gasteiger partial charge in [0.25, 0.3) is 0 Å². The average Bonchev–Trinajstić information content (AvgIpc) is 2.39. The number of rotatable bonds is 4. The predicted octanol–water partition coefficient (Wildman–Crippen LogP) is 1.64. The molecule has 0 aromatic rings. The van der Waals surface area contributed by atoms with Crippen LogP contribution in [0.15, 0.2) is 24.8 Å². The Morgan fingerprint density at radius 2 is 1.85 bits per heavy atom. The van der Waals surface area contributed by atoms with E-state index in [9.17, 15) is 9.59 Å². The quantitative estimate of drug-likeness (QED) is 0.542. The summed E-state index contributed by atoms with van der Waals surface area (Å²) in [5.74, 6) is -0.345. The fourth-order valence-corrected chi connectivity index (χ4v) is 1.82. The van der Waals surface area contributed by atoms with Crippen LogP contribution in [-0.4, -0.2) is 29.2 Å². The van der Waals surface area contributed by atoms with Crippen LogP contribution < -0.4 is 10.6 Å². The van der Waals surface area contributed by atoms with Crippen molar-refractivity contribution in [2.24, 2.45) is 0 Å². The first kappa shape index (κ1) is 18.4. The number of hydrogen-bond acceptors (Lipinski definition) is 3. The van der Waals surface area contributed by atoms with Crippen LogP contribution in [-0.2, 0) is 9.59 Å². The van der Waals surface area contributed by atoms with Crippen molar-refractivity contribution in [2.75, 3.05) is 0 Å². The molecule has 0 aromatic heterocycles. The molecule has 0 bridgehead atoms. The molecule has 0 aromatic carbocycles. The van der Waals surface area contributed by atoms with E-state index in [0.717, 1.165) is 18.9 Å². The van der Waals surface area contributed by atoms with E-state index in [0.29, 0.717) is 11.6 Å². The maximum Gasteiger partial charge on any atom is 0.246 e. The lowest BCUT2D eigenvalue weighted by Gasteiger charge is -2.22. The average molecular weight is 282 g/mol. The summed E-state index contributed by atoms with van der Waals surface area (Å²) in [6.45, 7) is 10.0. The number of aliphatic hydroxyl groups is 1. The topological polar surface area (TPSA) is 78.4 Å². The monoisotopic (exact) mass is 282 g/mol. The second-order valence-electron chi connectivity index (χ2n) is 4.98. The minimum Gasteiger partial charge on any atom is -0.374 e. The summed E-state index contributed by atoms with van der Waals surface area (Å²) in [6, 6.07) is 0.406. The Kier molecular flexibility index (Phi) is 9.38. The molecule has 5 heteroatoms. The van der Waals surface area contributed by atoms with Gasteiger partial charge in [0, 0.05) is 11.6 Å². The minimum atomic E-state index is -0.791. The number of hydrogen-bond donors (Lipinski definition) is 3. The molecule has 0 saturated heterocycles. The first-order valence-corrected chi connectivity index (χ1v) is 6.94. The molecule has 0 aliphatic heterocycles. The lowest BCUT2D eigenvalue weighted by atomic mass is 9.95. The highest BCUT2D eigenvalue weighted by Gasteiger charge is 2.15. The van der Waals surface area contributed by atoms with Crippen molar-refractivity contribution in [3.05, 3.63) is 24.8 Å². The van der Waals surface area contributed by atoms with E-state index >= 15 is 0 Å². The zero-order valence-electron chi connectivity index (χ0n) is 12.4. The highest BCUT2D eigenvalue weighted by Crippen LogP contribution is 2.17. The number of carbonyl (C=O) groups is 2. The van der Waals surface area contributed by atoms with Gasteiger partial charge in [-0.3, -0.25) is 9.59 Å². The normalized spacial score (nSPS) is 16.1. The number of carbonyl (C=O) groups excluding carboxylic acids is 2. The number of aliphatic hydroxyl groups excluding tert-OH is 1. The lowest BCUT2D eigenvalue weighted by molar-refractivity contribution is -0.119. The van der Waals surface area contributed by atoms with Crippen LogP contribution in [0, 0.1) is 0 Å². The smallest absolute Gasteiger partial charge is 0.246 e. The Morgan fingerprint density at radius 1 is 1.30 bits per heavy atom. The summed E-state index contributed by atoms with van der Waals surface area (Å²) in [5.41, 5.74) is 0.612. The molecule has 114 valence electrons. The maximum absolute atomic E-state index is 11.2. The molecule has 20 heavy (non-hydrogen) atoms. The van der Waals surface area contributed by atoms with Gasteiger partial charge in [-0.2, -0.15) is 0 Å². The zero-order chi connectivity index (χ0) is 15.5. The third-order valence-electron chi connectivity index (χ3n) is 2.86. The van der Waals surface area contributed by atoms with Crippen molar-refractivity contribution >= 4 is 11.8 Å². The second kappa shape index (κ2) is 10.2. The van der Waals surface area contributed by atoms with E-state index in [2.05, 4.69) is 23.8 Å². The highest BCUT2D eigenvalue weighted by molar-refractivity contribution is 5.92. The van der Waals surface area contributed by atoms with Crippen molar-refractivity contribution in [1.29, 1.82) is 0 Å². The Bertz CT molecular complexity index is 345. The minimum absolute atomic E-state index is 0.0156. The van der Waals surface area contributed by atoms with E-state index in [4.69, 9.17) is 5.11 Å². The van der Waals surface area contributed by atoms with Crippen molar-refractivity contribution in [3.8, 4) is 0 Å². The van der Waals surface area contributed by atoms with Gasteiger partial charge in [-0.05, 0) is 32.8 Å². The van der Waals surface area contributed by atoms with Gasteiger partial charge in [0.1, 0.15) is 6.23 Å². The Morgan fingerprint density at radius 3 is 2.20 bits per heavy atom. The predicted molar refractivity (Wildman–Crippen MR) is 79.9 cm³/mol. The van der Waals surface area contributed by atoms with E-state index in [1.54, 1.807) is 6.92 Å². The first-order chi connectivity index (χ1) is 9.36. The Labute approximate surface area is 121 Å². The van der Waals surface area contributed by atoms with Crippen molar-refractivity contribution in [2.45, 2.75) is 58.2 Å². The van der Waals surface area contributed by atoms with Crippen molar-refractivity contribution in [1.82, 2.24) is 10.6 Å². The summed E-state index contributed by atoms with van der Waals surface area (Å²) in [7, 11) is 0. The molecule has 2 amide bonds. The Balaban J connectivity index is 0.000000396. The van der Waals surface area contributed by atoms with Crippen molar-refractivity contribution < 1.29 is 14.7 Å². The summed E-state index contributed by atoms with van der Waals surface area (Å²) in [5, 5.41) is 13.6. The molecular formula is C15H26N2O3. The molecule has 0 heterocycles. The highest BCUT2D eigenvalue weighted by atomic mass is 16.3. The summed E-state index contributed by atoms with van der Waals surface area (Å²) in [6.07, 6.45) is 6.41. The molecule has 1 saturated carbocycles. The third kappa shape index (κ3) is 9.33. The van der Waals surface area contributed by atoms with E-state index in [-0.39, 0.29) is 11.8 Å². The van der Waals surface area contributed by atoms with Crippen LogP contribution in [0.3, 0.4) is 0 Å². The van der Waals surface area contributed by atoms with Gasteiger partial charge < -0.3 is 15.7 Å². The van der Waals surface area contributed by atoms with Crippen LogP contribution in [0.5, 0.6) is 0 Å². The molecule has 1 aliphatic carbocycles. The lowest BCUT2D eigenvalue weighted by Crippen LogP contribution is -2.36. The van der Waals surface area contributed by atoms with Crippen LogP contribution in [0.25, 0.3) is 0 Å². The SMILES string of the molecule is C=C(C)C(=O)NC1CCCCC1.C=CC(=O)NC(C)O. The zero-order valence-corrected chi connectivity index (χ0v) is 12.4. The molecule has 0 spiro atoms. The van der Waals surface area contributed by atoms with Gasteiger partial charge in [-0.25, -0.2) is 0 Å².